The maximum Gasteiger partial charge on any atom is 0.224 e. The summed E-state index contributed by atoms with van der Waals surface area (Å²) < 4.78 is 20.4. The summed E-state index contributed by atoms with van der Waals surface area (Å²) >= 11 is 1.39. The first-order valence-electron chi connectivity index (χ1n) is 11.8. The third kappa shape index (κ3) is 5.14. The zero-order valence-electron chi connectivity index (χ0n) is 20.3. The number of hydrogen-bond donors (Lipinski definition) is 1. The van der Waals surface area contributed by atoms with Crippen molar-refractivity contribution in [3.8, 4) is 11.6 Å². The summed E-state index contributed by atoms with van der Waals surface area (Å²) in [4.78, 5) is 29.4. The average Bonchev–Trinajstić information content (AvgIpc) is 3.27. The fourth-order valence-electron chi connectivity index (χ4n) is 4.50. The first-order valence-corrected chi connectivity index (χ1v) is 12.6. The van der Waals surface area contributed by atoms with Crippen LogP contribution in [0.4, 0.5) is 15.3 Å². The van der Waals surface area contributed by atoms with Gasteiger partial charge in [-0.15, -0.1) is 0 Å². The van der Waals surface area contributed by atoms with Gasteiger partial charge in [0.15, 0.2) is 10.9 Å². The van der Waals surface area contributed by atoms with Crippen molar-refractivity contribution in [2.45, 2.75) is 32.9 Å². The van der Waals surface area contributed by atoms with Gasteiger partial charge < -0.3 is 15.0 Å². The number of carbonyl (C=O) groups is 1. The van der Waals surface area contributed by atoms with Gasteiger partial charge in [-0.25, -0.2) is 19.3 Å². The highest BCUT2D eigenvalue weighted by Gasteiger charge is 2.28. The highest BCUT2D eigenvalue weighted by Crippen LogP contribution is 2.35. The second-order valence-electron chi connectivity index (χ2n) is 8.88. The molecule has 36 heavy (non-hydrogen) atoms. The van der Waals surface area contributed by atoms with Crippen LogP contribution in [0.25, 0.3) is 10.2 Å². The van der Waals surface area contributed by atoms with Crippen LogP contribution in [0, 0.1) is 5.82 Å². The van der Waals surface area contributed by atoms with Crippen LogP contribution in [0.5, 0.6) is 11.6 Å². The van der Waals surface area contributed by atoms with E-state index in [2.05, 4.69) is 43.9 Å². The number of anilines is 2. The Morgan fingerprint density at radius 1 is 1.19 bits per heavy atom. The van der Waals surface area contributed by atoms with E-state index in [4.69, 9.17) is 4.74 Å². The van der Waals surface area contributed by atoms with Crippen LogP contribution in [-0.2, 0) is 4.79 Å². The standard InChI is InChI=1S/C26H27FN6O2S/c1-16-14-32(17(2)19-7-9-20(27)10-8-19)11-12-33(16)23-13-24(29-15-28-23)35-21-5-4-6-22-25(21)31-26(36-22)30-18(3)34/h4-10,13,15-17H,11-12,14H2,1-3H3,(H,30,31,34)/t16-,17?/m0/s1. The molecule has 0 spiro atoms. The molecule has 3 heterocycles. The number of ether oxygens (including phenoxy) is 1. The van der Waals surface area contributed by atoms with Crippen molar-refractivity contribution in [2.75, 3.05) is 29.9 Å². The molecule has 5 rings (SSSR count). The highest BCUT2D eigenvalue weighted by molar-refractivity contribution is 7.22. The van der Waals surface area contributed by atoms with Gasteiger partial charge in [-0.2, -0.15) is 0 Å². The predicted octanol–water partition coefficient (Wildman–Crippen LogP) is 5.25. The third-order valence-corrected chi connectivity index (χ3v) is 7.30. The Hall–Kier alpha value is -3.63. The number of fused-ring (bicyclic) bond motifs is 1. The number of amides is 1. The van der Waals surface area contributed by atoms with E-state index < -0.39 is 0 Å². The van der Waals surface area contributed by atoms with Crippen LogP contribution in [0.2, 0.25) is 0 Å². The molecule has 1 fully saturated rings. The molecule has 1 unspecified atom stereocenters. The quantitative estimate of drug-likeness (QED) is 0.383. The Labute approximate surface area is 212 Å². The summed E-state index contributed by atoms with van der Waals surface area (Å²) in [6.45, 7) is 8.28. The molecule has 0 saturated carbocycles. The van der Waals surface area contributed by atoms with Gasteiger partial charge in [0.1, 0.15) is 23.5 Å². The Balaban J connectivity index is 1.30. The second kappa shape index (κ2) is 10.2. The van der Waals surface area contributed by atoms with Gasteiger partial charge >= 0.3 is 0 Å². The van der Waals surface area contributed by atoms with Crippen molar-refractivity contribution >= 4 is 38.4 Å². The van der Waals surface area contributed by atoms with Crippen molar-refractivity contribution in [1.29, 1.82) is 0 Å². The van der Waals surface area contributed by atoms with Crippen LogP contribution >= 0.6 is 11.3 Å². The molecule has 2 atom stereocenters. The van der Waals surface area contributed by atoms with E-state index in [1.807, 2.05) is 36.4 Å². The second-order valence-corrected chi connectivity index (χ2v) is 9.92. The molecular formula is C26H27FN6O2S. The Morgan fingerprint density at radius 3 is 2.75 bits per heavy atom. The molecule has 8 nitrogen and oxygen atoms in total. The molecule has 1 amide bonds. The Kier molecular flexibility index (Phi) is 6.80. The first kappa shape index (κ1) is 24.1. The molecule has 10 heteroatoms. The van der Waals surface area contributed by atoms with E-state index in [0.29, 0.717) is 22.3 Å². The van der Waals surface area contributed by atoms with E-state index in [-0.39, 0.29) is 23.8 Å². The lowest BCUT2D eigenvalue weighted by Crippen LogP contribution is -2.52. The summed E-state index contributed by atoms with van der Waals surface area (Å²) in [6, 6.07) is 14.6. The fourth-order valence-corrected chi connectivity index (χ4v) is 5.42. The molecule has 1 saturated heterocycles. The van der Waals surface area contributed by atoms with Crippen LogP contribution in [0.3, 0.4) is 0 Å². The summed E-state index contributed by atoms with van der Waals surface area (Å²) in [7, 11) is 0. The van der Waals surface area contributed by atoms with E-state index in [1.54, 1.807) is 0 Å². The molecule has 1 N–H and O–H groups in total. The molecule has 186 valence electrons. The number of rotatable bonds is 6. The van der Waals surface area contributed by atoms with E-state index in [1.165, 1.54) is 36.7 Å². The summed E-state index contributed by atoms with van der Waals surface area (Å²) in [5, 5.41) is 3.25. The minimum atomic E-state index is -0.217. The van der Waals surface area contributed by atoms with Gasteiger partial charge in [0, 0.05) is 44.7 Å². The number of para-hydroxylation sites is 1. The summed E-state index contributed by atoms with van der Waals surface area (Å²) in [6.07, 6.45) is 1.51. The number of aromatic nitrogens is 3. The molecule has 0 radical (unpaired) electrons. The maximum absolute atomic E-state index is 13.3. The summed E-state index contributed by atoms with van der Waals surface area (Å²) in [5.74, 6) is 1.40. The molecule has 0 aliphatic carbocycles. The van der Waals surface area contributed by atoms with Crippen LogP contribution < -0.4 is 15.0 Å². The smallest absolute Gasteiger partial charge is 0.224 e. The number of thiazole rings is 1. The zero-order valence-corrected chi connectivity index (χ0v) is 21.1. The van der Waals surface area contributed by atoms with Gasteiger partial charge in [0.2, 0.25) is 11.8 Å². The lowest BCUT2D eigenvalue weighted by atomic mass is 10.0. The van der Waals surface area contributed by atoms with Crippen molar-refractivity contribution in [2.24, 2.45) is 0 Å². The molecule has 2 aromatic heterocycles. The van der Waals surface area contributed by atoms with Crippen molar-refractivity contribution in [3.05, 3.63) is 66.2 Å². The first-order chi connectivity index (χ1) is 17.4. The number of piperazine rings is 1. The predicted molar refractivity (Wildman–Crippen MR) is 139 cm³/mol. The summed E-state index contributed by atoms with van der Waals surface area (Å²) in [5.41, 5.74) is 1.77. The average molecular weight is 507 g/mol. The molecule has 1 aliphatic rings. The Morgan fingerprint density at radius 2 is 2.00 bits per heavy atom. The van der Waals surface area contributed by atoms with Crippen LogP contribution in [0.15, 0.2) is 54.9 Å². The highest BCUT2D eigenvalue weighted by atomic mass is 32.1. The Bertz CT molecular complexity index is 1380. The lowest BCUT2D eigenvalue weighted by Gasteiger charge is -2.43. The number of halogens is 1. The number of hydrogen-bond acceptors (Lipinski definition) is 8. The number of nitrogens with one attached hydrogen (secondary N) is 1. The topological polar surface area (TPSA) is 83.5 Å². The third-order valence-electron chi connectivity index (χ3n) is 6.36. The van der Waals surface area contributed by atoms with Gasteiger partial charge in [-0.05, 0) is 43.7 Å². The van der Waals surface area contributed by atoms with Gasteiger partial charge in [-0.1, -0.05) is 29.5 Å². The number of benzene rings is 2. The van der Waals surface area contributed by atoms with Gasteiger partial charge in [0.25, 0.3) is 0 Å². The number of nitrogens with zero attached hydrogens (tertiary/aromatic N) is 5. The van der Waals surface area contributed by atoms with Gasteiger partial charge in [-0.3, -0.25) is 9.69 Å². The fraction of sp³-hybridized carbons (Fsp3) is 0.308. The largest absolute Gasteiger partial charge is 0.437 e. The maximum atomic E-state index is 13.3. The van der Waals surface area contributed by atoms with Crippen molar-refractivity contribution < 1.29 is 13.9 Å². The lowest BCUT2D eigenvalue weighted by molar-refractivity contribution is -0.114. The van der Waals surface area contributed by atoms with Crippen LogP contribution in [0.1, 0.15) is 32.4 Å². The van der Waals surface area contributed by atoms with Crippen molar-refractivity contribution in [1.82, 2.24) is 19.9 Å². The number of carbonyl (C=O) groups excluding carboxylic acids is 1. The molecule has 0 bridgehead atoms. The van der Waals surface area contributed by atoms with E-state index in [0.717, 1.165) is 35.7 Å². The van der Waals surface area contributed by atoms with Crippen LogP contribution in [-0.4, -0.2) is 51.4 Å². The normalized spacial score (nSPS) is 17.2. The molecule has 4 aromatic rings. The SMILES string of the molecule is CC(=O)Nc1nc2c(Oc3cc(N4CCN(C(C)c5ccc(F)cc5)C[C@@H]4C)ncn3)cccc2s1. The monoisotopic (exact) mass is 506 g/mol. The van der Waals surface area contributed by atoms with Crippen molar-refractivity contribution in [3.63, 3.8) is 0 Å². The van der Waals surface area contributed by atoms with Gasteiger partial charge in [0.05, 0.1) is 4.70 Å². The molecular weight excluding hydrogens is 479 g/mol. The minimum absolute atomic E-state index is 0.168. The molecule has 1 aliphatic heterocycles. The zero-order chi connectivity index (χ0) is 25.2. The van der Waals surface area contributed by atoms with E-state index in [9.17, 15) is 9.18 Å². The van der Waals surface area contributed by atoms with E-state index >= 15 is 0 Å². The molecule has 2 aromatic carbocycles. The minimum Gasteiger partial charge on any atom is -0.437 e.